The zero-order valence-corrected chi connectivity index (χ0v) is 16.0. The largest absolute Gasteiger partial charge is 0.465 e. The van der Waals surface area contributed by atoms with Crippen LogP contribution in [0, 0.1) is 0 Å². The maximum absolute atomic E-state index is 13.2. The van der Waals surface area contributed by atoms with Crippen LogP contribution >= 0.6 is 11.3 Å². The molecule has 1 unspecified atom stereocenters. The molecule has 1 saturated heterocycles. The molecule has 0 aliphatic carbocycles. The summed E-state index contributed by atoms with van der Waals surface area (Å²) in [6.45, 7) is 1.17. The van der Waals surface area contributed by atoms with Gasteiger partial charge in [-0.15, -0.1) is 11.3 Å². The number of sulfonamides is 1. The van der Waals surface area contributed by atoms with Crippen molar-refractivity contribution >= 4 is 27.3 Å². The fourth-order valence-electron chi connectivity index (χ4n) is 2.78. The molecule has 0 aromatic carbocycles. The third-order valence-corrected chi connectivity index (χ3v) is 6.75. The zero-order chi connectivity index (χ0) is 18.6. The molecule has 0 N–H and O–H groups in total. The molecule has 0 saturated carbocycles. The number of pyridine rings is 1. The fourth-order valence-corrected chi connectivity index (χ4v) is 5.02. The smallest absolute Gasteiger partial charge is 0.339 e. The summed E-state index contributed by atoms with van der Waals surface area (Å²) in [5, 5.41) is 1.91. The van der Waals surface area contributed by atoms with Crippen molar-refractivity contribution in [3.63, 3.8) is 0 Å². The van der Waals surface area contributed by atoms with Crippen LogP contribution in [0.15, 0.2) is 40.9 Å². The quantitative estimate of drug-likeness (QED) is 0.668. The number of carbonyl (C=O) groups excluding carboxylic acids is 1. The predicted octanol–water partition coefficient (Wildman–Crippen LogP) is 2.30. The first-order valence-corrected chi connectivity index (χ1v) is 10.5. The molecule has 0 spiro atoms. The van der Waals surface area contributed by atoms with Crippen molar-refractivity contribution in [1.82, 2.24) is 9.29 Å². The maximum atomic E-state index is 13.2. The molecule has 0 radical (unpaired) electrons. The number of rotatable bonds is 7. The molecule has 0 amide bonds. The summed E-state index contributed by atoms with van der Waals surface area (Å²) in [6, 6.07) is 5.08. The summed E-state index contributed by atoms with van der Waals surface area (Å²) >= 11 is 1.50. The standard InChI is InChI=1S/C17H20N2O5S2/c1-23-17(20)13-8-16(10-18-9-13)26(21,22)19(11-14-4-2-6-24-14)12-15-5-3-7-25-15/h3,5,7-10,14H,2,4,6,11-12H2,1H3. The second-order valence-corrected chi connectivity index (χ2v) is 8.88. The van der Waals surface area contributed by atoms with E-state index in [0.29, 0.717) is 6.61 Å². The number of hydrogen-bond acceptors (Lipinski definition) is 7. The fraction of sp³-hybridized carbons (Fsp3) is 0.412. The van der Waals surface area contributed by atoms with E-state index in [0.717, 1.165) is 17.7 Å². The van der Waals surface area contributed by atoms with Crippen molar-refractivity contribution in [2.75, 3.05) is 20.3 Å². The molecule has 1 atom stereocenters. The number of thiophene rings is 1. The van der Waals surface area contributed by atoms with Crippen LogP contribution in [0.5, 0.6) is 0 Å². The number of ether oxygens (including phenoxy) is 2. The number of aromatic nitrogens is 1. The van der Waals surface area contributed by atoms with Crippen LogP contribution in [0.4, 0.5) is 0 Å². The lowest BCUT2D eigenvalue weighted by atomic mass is 10.2. The predicted molar refractivity (Wildman–Crippen MR) is 96.5 cm³/mol. The van der Waals surface area contributed by atoms with Gasteiger partial charge in [0.25, 0.3) is 0 Å². The van der Waals surface area contributed by atoms with Crippen LogP contribution in [0.25, 0.3) is 0 Å². The Morgan fingerprint density at radius 3 is 2.96 bits per heavy atom. The van der Waals surface area contributed by atoms with Crippen molar-refractivity contribution in [1.29, 1.82) is 0 Å². The van der Waals surface area contributed by atoms with Crippen LogP contribution in [-0.2, 0) is 26.0 Å². The Bertz CT molecular complexity index is 846. The normalized spacial score (nSPS) is 17.5. The summed E-state index contributed by atoms with van der Waals surface area (Å²) in [5.74, 6) is -0.626. The first kappa shape index (κ1) is 19.0. The Balaban J connectivity index is 1.91. The molecular weight excluding hydrogens is 376 g/mol. The molecule has 26 heavy (non-hydrogen) atoms. The van der Waals surface area contributed by atoms with Crippen molar-refractivity contribution in [3.8, 4) is 0 Å². The summed E-state index contributed by atoms with van der Waals surface area (Å²) in [7, 11) is -2.60. The number of methoxy groups -OCH3 is 1. The van der Waals surface area contributed by atoms with Crippen LogP contribution in [0.3, 0.4) is 0 Å². The molecule has 2 aromatic heterocycles. The molecule has 1 fully saturated rings. The molecule has 1 aliphatic rings. The van der Waals surface area contributed by atoms with Gasteiger partial charge in [-0.25, -0.2) is 13.2 Å². The molecule has 0 bridgehead atoms. The van der Waals surface area contributed by atoms with Gasteiger partial charge >= 0.3 is 5.97 Å². The van der Waals surface area contributed by atoms with E-state index in [1.807, 2.05) is 17.5 Å². The maximum Gasteiger partial charge on any atom is 0.339 e. The minimum Gasteiger partial charge on any atom is -0.465 e. The van der Waals surface area contributed by atoms with E-state index in [4.69, 9.17) is 4.74 Å². The molecule has 140 valence electrons. The Labute approximate surface area is 156 Å². The first-order valence-electron chi connectivity index (χ1n) is 8.18. The Morgan fingerprint density at radius 1 is 1.46 bits per heavy atom. The van der Waals surface area contributed by atoms with Gasteiger partial charge in [0.05, 0.1) is 18.8 Å². The van der Waals surface area contributed by atoms with Gasteiger partial charge in [-0.05, 0) is 30.4 Å². The van der Waals surface area contributed by atoms with E-state index >= 15 is 0 Å². The second-order valence-electron chi connectivity index (χ2n) is 5.91. The van der Waals surface area contributed by atoms with Gasteiger partial charge in [-0.1, -0.05) is 6.07 Å². The molecule has 2 aromatic rings. The highest BCUT2D eigenvalue weighted by Gasteiger charge is 2.30. The van der Waals surface area contributed by atoms with Gasteiger partial charge in [-0.3, -0.25) is 4.98 Å². The highest BCUT2D eigenvalue weighted by molar-refractivity contribution is 7.89. The van der Waals surface area contributed by atoms with Crippen LogP contribution in [-0.4, -0.2) is 50.0 Å². The number of nitrogens with zero attached hydrogens (tertiary/aromatic N) is 2. The van der Waals surface area contributed by atoms with E-state index in [1.165, 1.54) is 41.2 Å². The lowest BCUT2D eigenvalue weighted by Crippen LogP contribution is -2.36. The van der Waals surface area contributed by atoms with Gasteiger partial charge in [-0.2, -0.15) is 4.31 Å². The van der Waals surface area contributed by atoms with E-state index in [1.54, 1.807) is 0 Å². The SMILES string of the molecule is COC(=O)c1cncc(S(=O)(=O)N(Cc2cccs2)CC2CCCO2)c1. The van der Waals surface area contributed by atoms with E-state index < -0.39 is 16.0 Å². The van der Waals surface area contributed by atoms with E-state index in [2.05, 4.69) is 9.72 Å². The van der Waals surface area contributed by atoms with Gasteiger partial charge in [0.1, 0.15) is 4.90 Å². The Kier molecular flexibility index (Phi) is 6.02. The molecular formula is C17H20N2O5S2. The summed E-state index contributed by atoms with van der Waals surface area (Å²) < 4.78 is 38.1. The third kappa shape index (κ3) is 4.29. The van der Waals surface area contributed by atoms with E-state index in [9.17, 15) is 13.2 Å². The Morgan fingerprint density at radius 2 is 2.31 bits per heavy atom. The Hall–Kier alpha value is -1.81. The lowest BCUT2D eigenvalue weighted by molar-refractivity contribution is 0.0600. The van der Waals surface area contributed by atoms with Crippen molar-refractivity contribution in [3.05, 3.63) is 46.4 Å². The molecule has 7 nitrogen and oxygen atoms in total. The minimum atomic E-state index is -3.84. The van der Waals surface area contributed by atoms with Crippen LogP contribution < -0.4 is 0 Å². The van der Waals surface area contributed by atoms with Gasteiger partial charge < -0.3 is 9.47 Å². The summed E-state index contributed by atoms with van der Waals surface area (Å²) in [6.07, 6.45) is 4.17. The summed E-state index contributed by atoms with van der Waals surface area (Å²) in [5.41, 5.74) is 0.0989. The van der Waals surface area contributed by atoms with Gasteiger partial charge in [0.15, 0.2) is 0 Å². The number of esters is 1. The second kappa shape index (κ2) is 8.26. The van der Waals surface area contributed by atoms with Gasteiger partial charge in [0, 0.05) is 37.0 Å². The average Bonchev–Trinajstić information content (AvgIpc) is 3.34. The van der Waals surface area contributed by atoms with Crippen molar-refractivity contribution in [2.45, 2.75) is 30.4 Å². The average molecular weight is 396 g/mol. The van der Waals surface area contributed by atoms with Gasteiger partial charge in [0.2, 0.25) is 10.0 Å². The molecule has 3 rings (SSSR count). The highest BCUT2D eigenvalue weighted by Crippen LogP contribution is 2.24. The minimum absolute atomic E-state index is 0.0325. The monoisotopic (exact) mass is 396 g/mol. The van der Waals surface area contributed by atoms with Crippen molar-refractivity contribution in [2.24, 2.45) is 0 Å². The topological polar surface area (TPSA) is 85.8 Å². The van der Waals surface area contributed by atoms with Crippen LogP contribution in [0.1, 0.15) is 28.1 Å². The van der Waals surface area contributed by atoms with Crippen molar-refractivity contribution < 1.29 is 22.7 Å². The molecule has 3 heterocycles. The molecule has 9 heteroatoms. The lowest BCUT2D eigenvalue weighted by Gasteiger charge is -2.24. The summed E-state index contributed by atoms with van der Waals surface area (Å²) in [4.78, 5) is 16.5. The van der Waals surface area contributed by atoms with E-state index in [-0.39, 0.29) is 29.7 Å². The number of hydrogen-bond donors (Lipinski definition) is 0. The molecule has 1 aliphatic heterocycles. The zero-order valence-electron chi connectivity index (χ0n) is 14.3. The van der Waals surface area contributed by atoms with Crippen LogP contribution in [0.2, 0.25) is 0 Å². The third-order valence-electron chi connectivity index (χ3n) is 4.12. The number of carbonyl (C=O) groups is 1. The highest BCUT2D eigenvalue weighted by atomic mass is 32.2. The first-order chi connectivity index (χ1) is 12.5.